The van der Waals surface area contributed by atoms with Crippen molar-refractivity contribution in [3.8, 4) is 5.69 Å². The van der Waals surface area contributed by atoms with Gasteiger partial charge in [-0.25, -0.2) is 4.68 Å². The molecule has 0 unspecified atom stereocenters. The third-order valence-electron chi connectivity index (χ3n) is 2.70. The Hall–Kier alpha value is -2.35. The van der Waals surface area contributed by atoms with Crippen molar-refractivity contribution in [3.63, 3.8) is 0 Å². The molecule has 0 bridgehead atoms. The summed E-state index contributed by atoms with van der Waals surface area (Å²) in [6.07, 6.45) is -2.94. The summed E-state index contributed by atoms with van der Waals surface area (Å²) in [5, 5.41) is 3.92. The Kier molecular flexibility index (Phi) is 3.49. The molecule has 4 N–H and O–H groups in total. The van der Waals surface area contributed by atoms with Crippen molar-refractivity contribution in [2.24, 2.45) is 11.5 Å². The van der Waals surface area contributed by atoms with Gasteiger partial charge in [0, 0.05) is 18.3 Å². The summed E-state index contributed by atoms with van der Waals surface area (Å²) in [5.74, 6) is -0.740. The highest BCUT2D eigenvalue weighted by molar-refractivity contribution is 5.92. The van der Waals surface area contributed by atoms with E-state index in [1.54, 1.807) is 0 Å². The zero-order valence-electron chi connectivity index (χ0n) is 10.2. The number of hydrogen-bond acceptors (Lipinski definition) is 3. The van der Waals surface area contributed by atoms with Gasteiger partial charge in [0.2, 0.25) is 0 Å². The largest absolute Gasteiger partial charge is 0.416 e. The van der Waals surface area contributed by atoms with Gasteiger partial charge in [-0.05, 0) is 24.3 Å². The minimum atomic E-state index is -4.40. The van der Waals surface area contributed by atoms with E-state index in [1.807, 2.05) is 0 Å². The van der Waals surface area contributed by atoms with Gasteiger partial charge in [-0.15, -0.1) is 0 Å². The third kappa shape index (κ3) is 2.64. The number of primary amides is 1. The van der Waals surface area contributed by atoms with Gasteiger partial charge >= 0.3 is 6.18 Å². The molecule has 1 amide bonds. The summed E-state index contributed by atoms with van der Waals surface area (Å²) in [6, 6.07) is 4.37. The maximum absolute atomic E-state index is 12.5. The summed E-state index contributed by atoms with van der Waals surface area (Å²) < 4.78 is 38.6. The molecule has 0 aliphatic rings. The van der Waals surface area contributed by atoms with Gasteiger partial charge in [-0.1, -0.05) is 0 Å². The van der Waals surface area contributed by atoms with Crippen LogP contribution in [0.5, 0.6) is 0 Å². The first-order valence-electron chi connectivity index (χ1n) is 5.59. The van der Waals surface area contributed by atoms with E-state index in [-0.39, 0.29) is 12.2 Å². The highest BCUT2D eigenvalue weighted by atomic mass is 19.4. The van der Waals surface area contributed by atoms with Gasteiger partial charge in [0.1, 0.15) is 0 Å². The molecule has 0 radical (unpaired) electrons. The van der Waals surface area contributed by atoms with Crippen LogP contribution in [0.25, 0.3) is 5.69 Å². The molecule has 5 nitrogen and oxygen atoms in total. The summed E-state index contributed by atoms with van der Waals surface area (Å²) in [7, 11) is 0. The van der Waals surface area contributed by atoms with Crippen molar-refractivity contribution in [1.29, 1.82) is 0 Å². The van der Waals surface area contributed by atoms with Gasteiger partial charge in [0.15, 0.2) is 5.69 Å². The Balaban J connectivity index is 2.39. The molecule has 0 spiro atoms. The van der Waals surface area contributed by atoms with Crippen LogP contribution in [-0.2, 0) is 12.7 Å². The second kappa shape index (κ2) is 4.97. The predicted octanol–water partition coefficient (Wildman–Crippen LogP) is 1.45. The first kappa shape index (κ1) is 14.1. The molecule has 106 valence electrons. The van der Waals surface area contributed by atoms with E-state index in [2.05, 4.69) is 5.10 Å². The van der Waals surface area contributed by atoms with Gasteiger partial charge in [0.05, 0.1) is 11.3 Å². The average molecular weight is 284 g/mol. The molecule has 2 aromatic rings. The van der Waals surface area contributed by atoms with Crippen LogP contribution in [0.4, 0.5) is 13.2 Å². The summed E-state index contributed by atoms with van der Waals surface area (Å²) >= 11 is 0. The molecule has 1 heterocycles. The summed E-state index contributed by atoms with van der Waals surface area (Å²) in [5.41, 5.74) is 10.6. The molecule has 8 heteroatoms. The van der Waals surface area contributed by atoms with Crippen LogP contribution >= 0.6 is 0 Å². The van der Waals surface area contributed by atoms with Crippen molar-refractivity contribution in [3.05, 3.63) is 47.3 Å². The predicted molar refractivity (Wildman–Crippen MR) is 65.0 cm³/mol. The SMILES string of the molecule is NCc1cn(-c2ccc(C(F)(F)F)cc2)nc1C(N)=O. The van der Waals surface area contributed by atoms with Gasteiger partial charge < -0.3 is 11.5 Å². The highest BCUT2D eigenvalue weighted by Crippen LogP contribution is 2.29. The molecular formula is C12H11F3N4O. The lowest BCUT2D eigenvalue weighted by atomic mass is 10.2. The van der Waals surface area contributed by atoms with Crippen molar-refractivity contribution < 1.29 is 18.0 Å². The van der Waals surface area contributed by atoms with Crippen molar-refractivity contribution in [1.82, 2.24) is 9.78 Å². The third-order valence-corrected chi connectivity index (χ3v) is 2.70. The first-order chi connectivity index (χ1) is 9.32. The Bertz CT molecular complexity index is 631. The number of halogens is 3. The maximum atomic E-state index is 12.5. The van der Waals surface area contributed by atoms with E-state index < -0.39 is 17.6 Å². The fourth-order valence-corrected chi connectivity index (χ4v) is 1.70. The number of nitrogens with zero attached hydrogens (tertiary/aromatic N) is 2. The number of alkyl halides is 3. The molecule has 0 aliphatic carbocycles. The van der Waals surface area contributed by atoms with Crippen LogP contribution in [0, 0.1) is 0 Å². The highest BCUT2D eigenvalue weighted by Gasteiger charge is 2.30. The second-order valence-corrected chi connectivity index (χ2v) is 4.06. The molecular weight excluding hydrogens is 273 g/mol. The number of aromatic nitrogens is 2. The van der Waals surface area contributed by atoms with E-state index in [0.29, 0.717) is 11.3 Å². The average Bonchev–Trinajstić information content (AvgIpc) is 2.82. The van der Waals surface area contributed by atoms with Gasteiger partial charge in [0.25, 0.3) is 5.91 Å². The zero-order valence-corrected chi connectivity index (χ0v) is 10.2. The number of amides is 1. The molecule has 0 atom stereocenters. The Morgan fingerprint density at radius 2 is 1.85 bits per heavy atom. The standard InChI is InChI=1S/C12H11F3N4O/c13-12(14,15)8-1-3-9(4-2-8)19-6-7(5-16)10(18-19)11(17)20/h1-4,6H,5,16H2,(H2,17,20). The van der Waals surface area contributed by atoms with Crippen molar-refractivity contribution in [2.75, 3.05) is 0 Å². The van der Waals surface area contributed by atoms with Gasteiger partial charge in [-0.2, -0.15) is 18.3 Å². The van der Waals surface area contributed by atoms with Gasteiger partial charge in [-0.3, -0.25) is 4.79 Å². The second-order valence-electron chi connectivity index (χ2n) is 4.06. The molecule has 0 saturated heterocycles. The lowest BCUT2D eigenvalue weighted by molar-refractivity contribution is -0.137. The number of hydrogen-bond donors (Lipinski definition) is 2. The van der Waals surface area contributed by atoms with E-state index in [0.717, 1.165) is 12.1 Å². The number of carbonyl (C=O) groups is 1. The molecule has 0 aliphatic heterocycles. The molecule has 1 aromatic heterocycles. The fraction of sp³-hybridized carbons (Fsp3) is 0.167. The number of carbonyl (C=O) groups excluding carboxylic acids is 1. The monoisotopic (exact) mass is 284 g/mol. The normalized spacial score (nSPS) is 11.6. The van der Waals surface area contributed by atoms with Crippen molar-refractivity contribution >= 4 is 5.91 Å². The first-order valence-corrected chi connectivity index (χ1v) is 5.59. The number of benzene rings is 1. The Morgan fingerprint density at radius 3 is 2.25 bits per heavy atom. The molecule has 0 saturated carbocycles. The molecule has 0 fully saturated rings. The van der Waals surface area contributed by atoms with E-state index >= 15 is 0 Å². The minimum absolute atomic E-state index is 0.00685. The van der Waals surface area contributed by atoms with Crippen LogP contribution in [0.1, 0.15) is 21.6 Å². The lowest BCUT2D eigenvalue weighted by Gasteiger charge is -2.07. The Morgan fingerprint density at radius 1 is 1.25 bits per heavy atom. The van der Waals surface area contributed by atoms with Crippen LogP contribution in [0.3, 0.4) is 0 Å². The van der Waals surface area contributed by atoms with Crippen LogP contribution < -0.4 is 11.5 Å². The fourth-order valence-electron chi connectivity index (χ4n) is 1.70. The number of nitrogens with two attached hydrogens (primary N) is 2. The Labute approximate surface area is 112 Å². The zero-order chi connectivity index (χ0) is 14.9. The summed E-state index contributed by atoms with van der Waals surface area (Å²) in [4.78, 5) is 11.2. The number of rotatable bonds is 3. The maximum Gasteiger partial charge on any atom is 0.416 e. The molecule has 1 aromatic carbocycles. The topological polar surface area (TPSA) is 86.9 Å². The van der Waals surface area contributed by atoms with Crippen LogP contribution in [0.2, 0.25) is 0 Å². The molecule has 20 heavy (non-hydrogen) atoms. The van der Waals surface area contributed by atoms with Crippen LogP contribution in [-0.4, -0.2) is 15.7 Å². The smallest absolute Gasteiger partial charge is 0.364 e. The summed E-state index contributed by atoms with van der Waals surface area (Å²) in [6.45, 7) is 0.0545. The lowest BCUT2D eigenvalue weighted by Crippen LogP contribution is -2.15. The van der Waals surface area contributed by atoms with E-state index in [9.17, 15) is 18.0 Å². The van der Waals surface area contributed by atoms with E-state index in [4.69, 9.17) is 11.5 Å². The quantitative estimate of drug-likeness (QED) is 0.894. The van der Waals surface area contributed by atoms with Crippen LogP contribution in [0.15, 0.2) is 30.5 Å². The van der Waals surface area contributed by atoms with Crippen molar-refractivity contribution in [2.45, 2.75) is 12.7 Å². The minimum Gasteiger partial charge on any atom is -0.364 e. The van der Waals surface area contributed by atoms with E-state index in [1.165, 1.54) is 23.0 Å². The molecule has 2 rings (SSSR count).